The molecule has 0 aromatic carbocycles. The van der Waals surface area contributed by atoms with Gasteiger partial charge in [-0.15, -0.1) is 11.3 Å². The minimum Gasteiger partial charge on any atom is -0.477 e. The fraction of sp³-hybridized carbons (Fsp3) is 0.222. The molecular formula is C9H9NO2S. The summed E-state index contributed by atoms with van der Waals surface area (Å²) in [4.78, 5) is 11.0. The summed E-state index contributed by atoms with van der Waals surface area (Å²) >= 11 is 1.19. The van der Waals surface area contributed by atoms with Gasteiger partial charge in [-0.1, -0.05) is 11.8 Å². The van der Waals surface area contributed by atoms with E-state index in [4.69, 9.17) is 5.11 Å². The predicted octanol–water partition coefficient (Wildman–Crippen LogP) is 1.02. The minimum atomic E-state index is -0.913. The Balaban J connectivity index is 2.84. The lowest BCUT2D eigenvalue weighted by Crippen LogP contribution is -2.04. The van der Waals surface area contributed by atoms with Crippen LogP contribution in [0.4, 0.5) is 0 Å². The van der Waals surface area contributed by atoms with Gasteiger partial charge in [0.25, 0.3) is 0 Å². The highest BCUT2D eigenvalue weighted by molar-refractivity contribution is 7.12. The Labute approximate surface area is 80.4 Å². The summed E-state index contributed by atoms with van der Waals surface area (Å²) in [6.07, 6.45) is 0. The Bertz CT molecular complexity index is 359. The largest absolute Gasteiger partial charge is 0.477 e. The first-order valence-electron chi connectivity index (χ1n) is 3.70. The standard InChI is InChI=1S/C9H9NO2S/c1-10-5-2-3-7-4-6-13-8(7)9(11)12/h4,6,10H,5H2,1H3,(H,11,12). The van der Waals surface area contributed by atoms with E-state index in [-0.39, 0.29) is 0 Å². The van der Waals surface area contributed by atoms with Crippen LogP contribution in [0.1, 0.15) is 15.2 Å². The number of hydrogen-bond donors (Lipinski definition) is 2. The normalized spacial score (nSPS) is 9.00. The van der Waals surface area contributed by atoms with Crippen molar-refractivity contribution in [2.75, 3.05) is 13.6 Å². The monoisotopic (exact) mass is 195 g/mol. The summed E-state index contributed by atoms with van der Waals surface area (Å²) in [7, 11) is 1.79. The number of carbonyl (C=O) groups is 1. The van der Waals surface area contributed by atoms with Gasteiger partial charge in [0.2, 0.25) is 0 Å². The predicted molar refractivity (Wildman–Crippen MR) is 52.1 cm³/mol. The van der Waals surface area contributed by atoms with Crippen LogP contribution in [-0.4, -0.2) is 24.7 Å². The molecule has 1 aromatic rings. The maximum absolute atomic E-state index is 10.6. The third-order valence-corrected chi connectivity index (χ3v) is 2.25. The highest BCUT2D eigenvalue weighted by Gasteiger charge is 2.08. The lowest BCUT2D eigenvalue weighted by atomic mass is 10.2. The number of aromatic carboxylic acids is 1. The SMILES string of the molecule is CNCC#Cc1ccsc1C(=O)O. The molecule has 68 valence electrons. The molecule has 0 atom stereocenters. The molecule has 13 heavy (non-hydrogen) atoms. The molecule has 0 spiro atoms. The first-order chi connectivity index (χ1) is 6.25. The third-order valence-electron chi connectivity index (χ3n) is 1.35. The second kappa shape index (κ2) is 4.65. The van der Waals surface area contributed by atoms with E-state index in [0.717, 1.165) is 0 Å². The van der Waals surface area contributed by atoms with Gasteiger partial charge in [-0.05, 0) is 18.5 Å². The summed E-state index contributed by atoms with van der Waals surface area (Å²) in [6, 6.07) is 1.72. The Morgan fingerprint density at radius 1 is 1.77 bits per heavy atom. The van der Waals surface area contributed by atoms with Crippen molar-refractivity contribution in [1.29, 1.82) is 0 Å². The molecule has 0 aliphatic rings. The molecule has 0 amide bonds. The van der Waals surface area contributed by atoms with Crippen molar-refractivity contribution in [3.63, 3.8) is 0 Å². The number of carboxylic acids is 1. The van der Waals surface area contributed by atoms with E-state index in [1.165, 1.54) is 11.3 Å². The summed E-state index contributed by atoms with van der Waals surface area (Å²) in [5, 5.41) is 13.3. The minimum absolute atomic E-state index is 0.309. The lowest BCUT2D eigenvalue weighted by molar-refractivity contribution is 0.0702. The topological polar surface area (TPSA) is 49.3 Å². The van der Waals surface area contributed by atoms with Crippen molar-refractivity contribution in [2.45, 2.75) is 0 Å². The smallest absolute Gasteiger partial charge is 0.347 e. The fourth-order valence-electron chi connectivity index (χ4n) is 0.801. The Morgan fingerprint density at radius 3 is 3.15 bits per heavy atom. The maximum Gasteiger partial charge on any atom is 0.347 e. The van der Waals surface area contributed by atoms with Gasteiger partial charge in [-0.3, -0.25) is 0 Å². The quantitative estimate of drug-likeness (QED) is 0.693. The average Bonchev–Trinajstić information content (AvgIpc) is 2.53. The van der Waals surface area contributed by atoms with Crippen LogP contribution in [-0.2, 0) is 0 Å². The van der Waals surface area contributed by atoms with Crippen molar-refractivity contribution >= 4 is 17.3 Å². The van der Waals surface area contributed by atoms with Gasteiger partial charge in [0, 0.05) is 5.56 Å². The summed E-state index contributed by atoms with van der Waals surface area (Å²) in [5.41, 5.74) is 0.591. The molecule has 4 heteroatoms. The number of nitrogens with one attached hydrogen (secondary N) is 1. The van der Waals surface area contributed by atoms with Gasteiger partial charge in [0.05, 0.1) is 6.54 Å². The molecule has 0 fully saturated rings. The highest BCUT2D eigenvalue weighted by Crippen LogP contribution is 2.14. The van der Waals surface area contributed by atoms with Crippen molar-refractivity contribution in [2.24, 2.45) is 0 Å². The molecule has 0 aliphatic heterocycles. The first-order valence-corrected chi connectivity index (χ1v) is 4.58. The van der Waals surface area contributed by atoms with Crippen molar-refractivity contribution < 1.29 is 9.90 Å². The van der Waals surface area contributed by atoms with Crippen molar-refractivity contribution in [3.05, 3.63) is 21.9 Å². The zero-order chi connectivity index (χ0) is 9.68. The van der Waals surface area contributed by atoms with E-state index < -0.39 is 5.97 Å². The van der Waals surface area contributed by atoms with Gasteiger partial charge in [-0.25, -0.2) is 4.79 Å². The van der Waals surface area contributed by atoms with E-state index in [1.54, 1.807) is 18.5 Å². The number of rotatable bonds is 2. The molecule has 0 unspecified atom stereocenters. The molecule has 0 radical (unpaired) electrons. The molecule has 3 nitrogen and oxygen atoms in total. The van der Waals surface area contributed by atoms with Gasteiger partial charge in [0.15, 0.2) is 0 Å². The first kappa shape index (κ1) is 9.78. The van der Waals surface area contributed by atoms with Crippen LogP contribution >= 0.6 is 11.3 Å². The van der Waals surface area contributed by atoms with Gasteiger partial charge >= 0.3 is 5.97 Å². The lowest BCUT2D eigenvalue weighted by Gasteiger charge is -1.88. The highest BCUT2D eigenvalue weighted by atomic mass is 32.1. The zero-order valence-electron chi connectivity index (χ0n) is 7.13. The van der Waals surface area contributed by atoms with Crippen molar-refractivity contribution in [1.82, 2.24) is 5.32 Å². The van der Waals surface area contributed by atoms with Crippen LogP contribution in [0.3, 0.4) is 0 Å². The number of carboxylic acid groups (broad SMARTS) is 1. The molecule has 1 rings (SSSR count). The summed E-state index contributed by atoms with van der Waals surface area (Å²) < 4.78 is 0. The second-order valence-corrected chi connectivity index (χ2v) is 3.22. The molecule has 0 aliphatic carbocycles. The van der Waals surface area contributed by atoms with Crippen LogP contribution < -0.4 is 5.32 Å². The maximum atomic E-state index is 10.6. The van der Waals surface area contributed by atoms with E-state index in [0.29, 0.717) is 17.0 Å². The van der Waals surface area contributed by atoms with E-state index >= 15 is 0 Å². The Kier molecular flexibility index (Phi) is 3.50. The molecule has 2 N–H and O–H groups in total. The number of hydrogen-bond acceptors (Lipinski definition) is 3. The van der Waals surface area contributed by atoms with Crippen LogP contribution in [0.15, 0.2) is 11.4 Å². The molecular weight excluding hydrogens is 186 g/mol. The van der Waals surface area contributed by atoms with E-state index in [1.807, 2.05) is 0 Å². The van der Waals surface area contributed by atoms with Gasteiger partial charge < -0.3 is 10.4 Å². The average molecular weight is 195 g/mol. The Hall–Kier alpha value is -1.31. The molecule has 0 saturated carbocycles. The molecule has 0 bridgehead atoms. The third kappa shape index (κ3) is 2.58. The van der Waals surface area contributed by atoms with Gasteiger partial charge in [0.1, 0.15) is 4.88 Å². The van der Waals surface area contributed by atoms with E-state index in [9.17, 15) is 4.79 Å². The van der Waals surface area contributed by atoms with Crippen LogP contribution in [0.25, 0.3) is 0 Å². The zero-order valence-corrected chi connectivity index (χ0v) is 7.94. The number of thiophene rings is 1. The van der Waals surface area contributed by atoms with Crippen LogP contribution in [0.2, 0.25) is 0 Å². The van der Waals surface area contributed by atoms with Gasteiger partial charge in [-0.2, -0.15) is 0 Å². The molecule has 1 heterocycles. The van der Waals surface area contributed by atoms with Crippen LogP contribution in [0, 0.1) is 11.8 Å². The fourth-order valence-corrected chi connectivity index (χ4v) is 1.49. The van der Waals surface area contributed by atoms with Crippen molar-refractivity contribution in [3.8, 4) is 11.8 Å². The molecule has 1 aromatic heterocycles. The summed E-state index contributed by atoms with van der Waals surface area (Å²) in [6.45, 7) is 0.564. The second-order valence-electron chi connectivity index (χ2n) is 2.30. The van der Waals surface area contributed by atoms with E-state index in [2.05, 4.69) is 17.2 Å². The summed E-state index contributed by atoms with van der Waals surface area (Å²) in [5.74, 6) is 4.69. The van der Waals surface area contributed by atoms with Crippen LogP contribution in [0.5, 0.6) is 0 Å². The Morgan fingerprint density at radius 2 is 2.54 bits per heavy atom. The molecule has 0 saturated heterocycles.